The summed E-state index contributed by atoms with van der Waals surface area (Å²) in [6, 6.07) is -1.04. The van der Waals surface area contributed by atoms with Crippen molar-refractivity contribution in [3.05, 3.63) is 0 Å². The van der Waals surface area contributed by atoms with Crippen molar-refractivity contribution >= 4 is 12.0 Å². The molecule has 0 aromatic carbocycles. The van der Waals surface area contributed by atoms with Gasteiger partial charge in [0.25, 0.3) is 6.02 Å². The molecule has 6 nitrogen and oxygen atoms in total. The van der Waals surface area contributed by atoms with Crippen molar-refractivity contribution < 1.29 is 14.6 Å². The van der Waals surface area contributed by atoms with Gasteiger partial charge in [0.15, 0.2) is 0 Å². The molecule has 0 spiro atoms. The Hall–Kier alpha value is -1.30. The zero-order chi connectivity index (χ0) is 10.3. The number of hydrogen-bond acceptors (Lipinski definition) is 4. The number of amidine groups is 1. The van der Waals surface area contributed by atoms with Crippen LogP contribution in [0, 0.1) is 5.41 Å². The summed E-state index contributed by atoms with van der Waals surface area (Å²) in [5.41, 5.74) is 5.23. The van der Waals surface area contributed by atoms with Gasteiger partial charge in [-0.25, -0.2) is 4.79 Å². The summed E-state index contributed by atoms with van der Waals surface area (Å²) in [7, 11) is 1.30. The van der Waals surface area contributed by atoms with Crippen LogP contribution in [0.3, 0.4) is 0 Å². The number of carboxylic acid groups (broad SMARTS) is 1. The highest BCUT2D eigenvalue weighted by Crippen LogP contribution is 1.96. The number of ether oxygens (including phenoxy) is 1. The van der Waals surface area contributed by atoms with E-state index in [0.29, 0.717) is 19.4 Å². The summed E-state index contributed by atoms with van der Waals surface area (Å²) in [5.74, 6) is -1.00. The molecule has 5 N–H and O–H groups in total. The van der Waals surface area contributed by atoms with Crippen molar-refractivity contribution in [3.63, 3.8) is 0 Å². The quantitative estimate of drug-likeness (QED) is 0.339. The van der Waals surface area contributed by atoms with Crippen molar-refractivity contribution in [2.45, 2.75) is 18.9 Å². The first-order valence-corrected chi connectivity index (χ1v) is 3.93. The van der Waals surface area contributed by atoms with E-state index in [4.69, 9.17) is 16.2 Å². The molecule has 6 heteroatoms. The summed E-state index contributed by atoms with van der Waals surface area (Å²) < 4.78 is 4.49. The van der Waals surface area contributed by atoms with Crippen LogP contribution in [0.15, 0.2) is 0 Å². The molecule has 0 rings (SSSR count). The van der Waals surface area contributed by atoms with E-state index in [1.165, 1.54) is 7.11 Å². The van der Waals surface area contributed by atoms with E-state index in [1.807, 2.05) is 0 Å². The van der Waals surface area contributed by atoms with Gasteiger partial charge in [-0.2, -0.15) is 0 Å². The number of hydrogen-bond donors (Lipinski definition) is 4. The van der Waals surface area contributed by atoms with Gasteiger partial charge in [-0.1, -0.05) is 0 Å². The molecule has 0 saturated heterocycles. The average Bonchev–Trinajstić information content (AvgIpc) is 2.11. The standard InChI is InChI=1S/C7H15N3O3/c1-13-7(9)10-5(6(11)12)3-2-4-8/h5H,2-4,8H2,1H3,(H2,9,10)(H,11,12)/t5-/m0/s1. The fourth-order valence-electron chi connectivity index (χ4n) is 0.797. The van der Waals surface area contributed by atoms with E-state index < -0.39 is 12.0 Å². The maximum atomic E-state index is 10.6. The number of carbonyl (C=O) groups is 1. The first kappa shape index (κ1) is 11.7. The second kappa shape index (κ2) is 6.24. The summed E-state index contributed by atoms with van der Waals surface area (Å²) in [5, 5.41) is 18.2. The van der Waals surface area contributed by atoms with E-state index in [-0.39, 0.29) is 6.02 Å². The highest BCUT2D eigenvalue weighted by molar-refractivity contribution is 5.80. The van der Waals surface area contributed by atoms with Crippen molar-refractivity contribution in [3.8, 4) is 0 Å². The van der Waals surface area contributed by atoms with Crippen molar-refractivity contribution in [2.75, 3.05) is 13.7 Å². The van der Waals surface area contributed by atoms with Crippen LogP contribution in [0.1, 0.15) is 12.8 Å². The van der Waals surface area contributed by atoms with Gasteiger partial charge >= 0.3 is 5.97 Å². The Morgan fingerprint density at radius 2 is 2.38 bits per heavy atom. The Kier molecular flexibility index (Phi) is 5.62. The molecule has 0 amide bonds. The van der Waals surface area contributed by atoms with Gasteiger partial charge in [-0.3, -0.25) is 5.41 Å². The molecule has 0 heterocycles. The van der Waals surface area contributed by atoms with Gasteiger partial charge in [-0.15, -0.1) is 0 Å². The first-order valence-electron chi connectivity index (χ1n) is 3.93. The largest absolute Gasteiger partial charge is 0.480 e. The lowest BCUT2D eigenvalue weighted by Gasteiger charge is -2.14. The van der Waals surface area contributed by atoms with Crippen molar-refractivity contribution in [1.29, 1.82) is 5.41 Å². The second-order valence-corrected chi connectivity index (χ2v) is 2.50. The van der Waals surface area contributed by atoms with E-state index in [0.717, 1.165) is 0 Å². The molecule has 0 radical (unpaired) electrons. The molecule has 0 aliphatic rings. The lowest BCUT2D eigenvalue weighted by atomic mass is 10.1. The molecule has 76 valence electrons. The predicted molar refractivity (Wildman–Crippen MR) is 47.6 cm³/mol. The Labute approximate surface area is 76.6 Å². The normalized spacial score (nSPS) is 11.8. The van der Waals surface area contributed by atoms with Crippen LogP contribution in [-0.2, 0) is 9.53 Å². The molecule has 0 aromatic heterocycles. The number of nitrogens with one attached hydrogen (secondary N) is 2. The zero-order valence-electron chi connectivity index (χ0n) is 7.54. The third-order valence-corrected chi connectivity index (χ3v) is 1.50. The molecule has 0 aliphatic heterocycles. The minimum absolute atomic E-state index is 0.246. The SMILES string of the molecule is COC(=N)N[C@@H](CCCN)C(=O)O. The monoisotopic (exact) mass is 189 g/mol. The number of carboxylic acids is 1. The smallest absolute Gasteiger partial charge is 0.326 e. The number of rotatable bonds is 5. The lowest BCUT2D eigenvalue weighted by Crippen LogP contribution is -2.41. The Balaban J connectivity index is 3.94. The van der Waals surface area contributed by atoms with E-state index in [9.17, 15) is 4.79 Å². The molecule has 13 heavy (non-hydrogen) atoms. The lowest BCUT2D eigenvalue weighted by molar-refractivity contribution is -0.139. The van der Waals surface area contributed by atoms with Crippen LogP contribution in [0.25, 0.3) is 0 Å². The fourth-order valence-corrected chi connectivity index (χ4v) is 0.797. The zero-order valence-corrected chi connectivity index (χ0v) is 7.54. The van der Waals surface area contributed by atoms with Crippen LogP contribution in [-0.4, -0.2) is 36.8 Å². The summed E-state index contributed by atoms with van der Waals surface area (Å²) in [6.45, 7) is 0.436. The van der Waals surface area contributed by atoms with E-state index >= 15 is 0 Å². The summed E-state index contributed by atoms with van der Waals surface area (Å²) in [6.07, 6.45) is 0.985. The van der Waals surface area contributed by atoms with Gasteiger partial charge in [0.2, 0.25) is 0 Å². The molecular weight excluding hydrogens is 174 g/mol. The second-order valence-electron chi connectivity index (χ2n) is 2.50. The summed E-state index contributed by atoms with van der Waals surface area (Å²) >= 11 is 0. The topological polar surface area (TPSA) is 108 Å². The predicted octanol–water partition coefficient (Wildman–Crippen LogP) is -0.651. The molecular formula is C7H15N3O3. The first-order chi connectivity index (χ1) is 6.11. The maximum Gasteiger partial charge on any atom is 0.326 e. The minimum Gasteiger partial charge on any atom is -0.480 e. The highest BCUT2D eigenvalue weighted by atomic mass is 16.5. The molecule has 0 bridgehead atoms. The third-order valence-electron chi connectivity index (χ3n) is 1.50. The molecule has 0 saturated carbocycles. The van der Waals surface area contributed by atoms with Gasteiger partial charge in [0.05, 0.1) is 7.11 Å². The number of aliphatic carboxylic acids is 1. The Morgan fingerprint density at radius 3 is 2.77 bits per heavy atom. The maximum absolute atomic E-state index is 10.6. The van der Waals surface area contributed by atoms with Crippen LogP contribution >= 0.6 is 0 Å². The highest BCUT2D eigenvalue weighted by Gasteiger charge is 2.17. The van der Waals surface area contributed by atoms with E-state index in [2.05, 4.69) is 10.1 Å². The van der Waals surface area contributed by atoms with Gasteiger partial charge < -0.3 is 20.9 Å². The molecule has 1 atom stereocenters. The van der Waals surface area contributed by atoms with Crippen LogP contribution in [0.5, 0.6) is 0 Å². The van der Waals surface area contributed by atoms with Crippen LogP contribution in [0.2, 0.25) is 0 Å². The van der Waals surface area contributed by atoms with Crippen molar-refractivity contribution in [2.24, 2.45) is 5.73 Å². The third kappa shape index (κ3) is 5.02. The Bertz CT molecular complexity index is 184. The van der Waals surface area contributed by atoms with Crippen molar-refractivity contribution in [1.82, 2.24) is 5.32 Å². The fraction of sp³-hybridized carbons (Fsp3) is 0.714. The van der Waals surface area contributed by atoms with Gasteiger partial charge in [0, 0.05) is 0 Å². The van der Waals surface area contributed by atoms with Gasteiger partial charge in [-0.05, 0) is 19.4 Å². The van der Waals surface area contributed by atoms with E-state index in [1.54, 1.807) is 0 Å². The van der Waals surface area contributed by atoms with Crippen LogP contribution < -0.4 is 11.1 Å². The molecule has 0 unspecified atom stereocenters. The average molecular weight is 189 g/mol. The molecule has 0 aliphatic carbocycles. The number of nitrogens with two attached hydrogens (primary N) is 1. The summed E-state index contributed by atoms with van der Waals surface area (Å²) in [4.78, 5) is 10.6. The molecule has 0 fully saturated rings. The van der Waals surface area contributed by atoms with Gasteiger partial charge in [0.1, 0.15) is 6.04 Å². The molecule has 0 aromatic rings. The number of methoxy groups -OCH3 is 1. The minimum atomic E-state index is -1.00. The Morgan fingerprint density at radius 1 is 1.77 bits per heavy atom. The van der Waals surface area contributed by atoms with Crippen LogP contribution in [0.4, 0.5) is 0 Å².